The molecular weight excluding hydrogens is 591 g/mol. The lowest BCUT2D eigenvalue weighted by Crippen LogP contribution is -2.12. The number of fused-ring (bicyclic) bond motifs is 1. The molecular formula is C39H37N3O3S. The summed E-state index contributed by atoms with van der Waals surface area (Å²) >= 11 is 0. The second kappa shape index (κ2) is 14.3. The molecule has 0 unspecified atom stereocenters. The van der Waals surface area contributed by atoms with E-state index in [0.29, 0.717) is 33.9 Å². The maximum atomic E-state index is 13.1. The quantitative estimate of drug-likeness (QED) is 0.148. The first-order valence-electron chi connectivity index (χ1n) is 15.7. The van der Waals surface area contributed by atoms with Gasteiger partial charge in [0, 0.05) is 16.6 Å². The van der Waals surface area contributed by atoms with E-state index in [4.69, 9.17) is 4.74 Å². The number of hydrogen-bond donors (Lipinski definition) is 1. The van der Waals surface area contributed by atoms with E-state index in [0.717, 1.165) is 71.6 Å². The van der Waals surface area contributed by atoms with Crippen LogP contribution in [0, 0.1) is 29.6 Å². The van der Waals surface area contributed by atoms with Crippen molar-refractivity contribution in [2.75, 3.05) is 4.72 Å². The van der Waals surface area contributed by atoms with Gasteiger partial charge in [-0.1, -0.05) is 74.7 Å². The van der Waals surface area contributed by atoms with E-state index < -0.39 is 10.0 Å². The topological polar surface area (TPSA) is 103 Å². The number of anilines is 1. The summed E-state index contributed by atoms with van der Waals surface area (Å²) in [5.41, 5.74) is 5.87. The molecule has 6 nitrogen and oxygen atoms in total. The van der Waals surface area contributed by atoms with E-state index in [2.05, 4.69) is 48.9 Å². The first-order valence-corrected chi connectivity index (χ1v) is 17.1. The van der Waals surface area contributed by atoms with E-state index >= 15 is 0 Å². The average molecular weight is 628 g/mol. The lowest BCUT2D eigenvalue weighted by atomic mass is 9.88. The van der Waals surface area contributed by atoms with Gasteiger partial charge >= 0.3 is 0 Å². The number of unbranched alkanes of at least 4 members (excludes halogenated alkanes) is 2. The Hall–Kier alpha value is -5.11. The lowest BCUT2D eigenvalue weighted by molar-refractivity contribution is 0.487. The number of nitriles is 2. The molecule has 0 atom stereocenters. The largest absolute Gasteiger partial charge is 0.457 e. The number of ether oxygens (including phenoxy) is 1. The highest BCUT2D eigenvalue weighted by molar-refractivity contribution is 7.92. The van der Waals surface area contributed by atoms with Crippen molar-refractivity contribution >= 4 is 26.5 Å². The van der Waals surface area contributed by atoms with Gasteiger partial charge in [-0.15, -0.1) is 0 Å². The van der Waals surface area contributed by atoms with Gasteiger partial charge in [-0.3, -0.25) is 4.72 Å². The molecule has 0 aliphatic heterocycles. The molecule has 5 rings (SSSR count). The highest BCUT2D eigenvalue weighted by atomic mass is 32.2. The van der Waals surface area contributed by atoms with E-state index in [-0.39, 0.29) is 4.90 Å². The fourth-order valence-corrected chi connectivity index (χ4v) is 6.64. The zero-order valence-electron chi connectivity index (χ0n) is 26.4. The highest BCUT2D eigenvalue weighted by Gasteiger charge is 2.21. The van der Waals surface area contributed by atoms with Gasteiger partial charge in [0.05, 0.1) is 16.0 Å². The Bertz CT molecular complexity index is 2050. The number of benzene rings is 5. The molecule has 232 valence electrons. The highest BCUT2D eigenvalue weighted by Crippen LogP contribution is 2.42. The number of sulfonamides is 1. The van der Waals surface area contributed by atoms with Crippen LogP contribution in [0.1, 0.15) is 67.3 Å². The lowest BCUT2D eigenvalue weighted by Gasteiger charge is -2.18. The Kier molecular flexibility index (Phi) is 10.1. The molecule has 0 radical (unpaired) electrons. The maximum absolute atomic E-state index is 13.1. The summed E-state index contributed by atoms with van der Waals surface area (Å²) in [5.74, 6) is 1.00. The summed E-state index contributed by atoms with van der Waals surface area (Å²) in [6.45, 7) is 6.24. The van der Waals surface area contributed by atoms with Crippen molar-refractivity contribution < 1.29 is 13.2 Å². The van der Waals surface area contributed by atoms with Crippen LogP contribution in [0.4, 0.5) is 5.69 Å². The van der Waals surface area contributed by atoms with Gasteiger partial charge in [-0.2, -0.15) is 10.5 Å². The number of aryl methyl sites for hydroxylation is 3. The monoisotopic (exact) mass is 627 g/mol. The SMILES string of the molecule is CCCCc1cccc(-c2c(C#N)c(C#N)cc3cc(CCCC)cc(Oc4ccc(S(=O)(=O)Nc5ccc(C)cc5)cc4)c23)c1. The fraction of sp³-hybridized carbons (Fsp3) is 0.231. The summed E-state index contributed by atoms with van der Waals surface area (Å²) < 4.78 is 35.3. The van der Waals surface area contributed by atoms with Crippen LogP contribution in [0.3, 0.4) is 0 Å². The summed E-state index contributed by atoms with van der Waals surface area (Å²) in [5, 5.41) is 22.0. The third-order valence-electron chi connectivity index (χ3n) is 8.01. The molecule has 0 aliphatic rings. The van der Waals surface area contributed by atoms with Crippen LogP contribution in [-0.2, 0) is 22.9 Å². The Morgan fingerprint density at radius 3 is 2.13 bits per heavy atom. The van der Waals surface area contributed by atoms with Gasteiger partial charge < -0.3 is 4.74 Å². The Labute approximate surface area is 272 Å². The maximum Gasteiger partial charge on any atom is 0.261 e. The van der Waals surface area contributed by atoms with Gasteiger partial charge in [0.25, 0.3) is 10.0 Å². The summed E-state index contributed by atoms with van der Waals surface area (Å²) in [4.78, 5) is 0.108. The standard InChI is InChI=1S/C39H37N3O3S/c1-4-6-9-28-11-8-12-30(21-28)38-36(26-41)32(25-40)24-31-22-29(10-7-5-2)23-37(39(31)38)45-34-17-19-35(20-18-34)46(43,44)42-33-15-13-27(3)14-16-33/h8,11-24,42H,4-7,9-10H2,1-3H3. The van der Waals surface area contributed by atoms with Crippen LogP contribution in [-0.4, -0.2) is 8.42 Å². The van der Waals surface area contributed by atoms with Crippen molar-refractivity contribution in [1.29, 1.82) is 10.5 Å². The minimum absolute atomic E-state index is 0.108. The van der Waals surface area contributed by atoms with Gasteiger partial charge in [-0.05, 0) is 103 Å². The molecule has 0 saturated carbocycles. The smallest absolute Gasteiger partial charge is 0.261 e. The molecule has 0 bridgehead atoms. The van der Waals surface area contributed by atoms with Crippen LogP contribution in [0.5, 0.6) is 11.5 Å². The number of nitrogens with zero attached hydrogens (tertiary/aromatic N) is 2. The molecule has 1 N–H and O–H groups in total. The number of rotatable bonds is 12. The first kappa shape index (κ1) is 32.3. The van der Waals surface area contributed by atoms with Crippen molar-refractivity contribution in [1.82, 2.24) is 0 Å². The van der Waals surface area contributed by atoms with Crippen molar-refractivity contribution in [3.05, 3.63) is 119 Å². The minimum Gasteiger partial charge on any atom is -0.457 e. The van der Waals surface area contributed by atoms with Crippen LogP contribution in [0.25, 0.3) is 21.9 Å². The van der Waals surface area contributed by atoms with Crippen LogP contribution < -0.4 is 9.46 Å². The molecule has 0 spiro atoms. The summed E-state index contributed by atoms with van der Waals surface area (Å²) in [7, 11) is -3.81. The molecule has 5 aromatic carbocycles. The minimum atomic E-state index is -3.81. The Morgan fingerprint density at radius 1 is 0.783 bits per heavy atom. The predicted octanol–water partition coefficient (Wildman–Crippen LogP) is 9.84. The summed E-state index contributed by atoms with van der Waals surface area (Å²) in [6.07, 6.45) is 5.87. The van der Waals surface area contributed by atoms with Crippen molar-refractivity contribution in [2.45, 2.75) is 64.2 Å². The normalized spacial score (nSPS) is 11.2. The molecule has 0 saturated heterocycles. The number of nitrogens with one attached hydrogen (secondary N) is 1. The van der Waals surface area contributed by atoms with Crippen molar-refractivity contribution in [3.63, 3.8) is 0 Å². The molecule has 0 amide bonds. The van der Waals surface area contributed by atoms with Gasteiger partial charge in [0.2, 0.25) is 0 Å². The Morgan fingerprint density at radius 2 is 1.48 bits per heavy atom. The van der Waals surface area contributed by atoms with Gasteiger partial charge in [0.1, 0.15) is 23.6 Å². The van der Waals surface area contributed by atoms with E-state index in [9.17, 15) is 18.9 Å². The molecule has 0 heterocycles. The predicted molar refractivity (Wildman–Crippen MR) is 185 cm³/mol. The summed E-state index contributed by atoms with van der Waals surface area (Å²) in [6, 6.07) is 32.0. The van der Waals surface area contributed by atoms with E-state index in [1.165, 1.54) is 12.1 Å². The van der Waals surface area contributed by atoms with Crippen LogP contribution >= 0.6 is 0 Å². The molecule has 0 fully saturated rings. The third-order valence-corrected chi connectivity index (χ3v) is 9.41. The Balaban J connectivity index is 1.62. The van der Waals surface area contributed by atoms with E-state index in [1.54, 1.807) is 30.3 Å². The van der Waals surface area contributed by atoms with Crippen molar-refractivity contribution in [2.24, 2.45) is 0 Å². The molecule has 0 aromatic heterocycles. The third kappa shape index (κ3) is 7.23. The van der Waals surface area contributed by atoms with Gasteiger partial charge in [-0.25, -0.2) is 8.42 Å². The fourth-order valence-electron chi connectivity index (χ4n) is 5.58. The molecule has 46 heavy (non-hydrogen) atoms. The zero-order valence-corrected chi connectivity index (χ0v) is 27.2. The van der Waals surface area contributed by atoms with Gasteiger partial charge in [0.15, 0.2) is 0 Å². The van der Waals surface area contributed by atoms with Crippen LogP contribution in [0.2, 0.25) is 0 Å². The first-order chi connectivity index (χ1) is 22.3. The van der Waals surface area contributed by atoms with Crippen molar-refractivity contribution in [3.8, 4) is 34.8 Å². The van der Waals surface area contributed by atoms with E-state index in [1.807, 2.05) is 37.3 Å². The van der Waals surface area contributed by atoms with Crippen LogP contribution in [0.15, 0.2) is 95.9 Å². The molecule has 5 aromatic rings. The zero-order chi connectivity index (χ0) is 32.7. The average Bonchev–Trinajstić information content (AvgIpc) is 3.06. The second-order valence-corrected chi connectivity index (χ2v) is 13.2. The number of hydrogen-bond acceptors (Lipinski definition) is 5. The molecule has 0 aliphatic carbocycles. The second-order valence-electron chi connectivity index (χ2n) is 11.5. The molecule has 7 heteroatoms.